The van der Waals surface area contributed by atoms with E-state index in [2.05, 4.69) is 5.32 Å². The third-order valence-electron chi connectivity index (χ3n) is 7.03. The number of carbonyl (C=O) groups is 2. The summed E-state index contributed by atoms with van der Waals surface area (Å²) in [6.45, 7) is 3.23. The zero-order chi connectivity index (χ0) is 19.9. The molecule has 0 bridgehead atoms. The van der Waals surface area contributed by atoms with Crippen LogP contribution in [0.15, 0.2) is 24.3 Å². The number of carbonyl (C=O) groups excluding carboxylic acids is 2. The lowest BCUT2D eigenvalue weighted by atomic mass is 9.76. The van der Waals surface area contributed by atoms with Crippen LogP contribution in [0, 0.1) is 18.3 Å². The van der Waals surface area contributed by atoms with Crippen molar-refractivity contribution in [3.8, 4) is 0 Å². The van der Waals surface area contributed by atoms with E-state index >= 15 is 0 Å². The number of hydrogen-bond acceptors (Lipinski definition) is 2. The molecule has 1 heterocycles. The smallest absolute Gasteiger partial charge is 0.267 e. The summed E-state index contributed by atoms with van der Waals surface area (Å²) < 4.78 is 27.1. The fraction of sp³-hybridized carbons (Fsp3) is 0.636. The van der Waals surface area contributed by atoms with Gasteiger partial charge in [0.05, 0.1) is 12.5 Å². The molecular weight excluding hydrogens is 362 g/mol. The summed E-state index contributed by atoms with van der Waals surface area (Å²) in [6.07, 6.45) is 3.88. The molecule has 1 aromatic carbocycles. The van der Waals surface area contributed by atoms with E-state index in [0.717, 1.165) is 36.8 Å². The summed E-state index contributed by atoms with van der Waals surface area (Å²) in [4.78, 5) is 27.4. The molecule has 2 amide bonds. The Morgan fingerprint density at radius 2 is 1.89 bits per heavy atom. The molecule has 0 radical (unpaired) electrons. The van der Waals surface area contributed by atoms with Crippen LogP contribution in [-0.4, -0.2) is 41.8 Å². The fourth-order valence-electron chi connectivity index (χ4n) is 5.09. The van der Waals surface area contributed by atoms with Crippen molar-refractivity contribution >= 4 is 11.8 Å². The normalized spacial score (nSPS) is 31.0. The molecule has 1 N–H and O–H groups in total. The lowest BCUT2D eigenvalue weighted by Crippen LogP contribution is -2.57. The molecule has 0 aromatic heterocycles. The molecule has 6 heteroatoms. The maximum Gasteiger partial charge on any atom is 0.267 e. The van der Waals surface area contributed by atoms with E-state index in [1.807, 2.05) is 36.1 Å². The topological polar surface area (TPSA) is 49.4 Å². The molecule has 28 heavy (non-hydrogen) atoms. The molecule has 0 unspecified atom stereocenters. The minimum atomic E-state index is -2.77. The zero-order valence-electron chi connectivity index (χ0n) is 16.3. The van der Waals surface area contributed by atoms with Gasteiger partial charge in [-0.05, 0) is 38.2 Å². The van der Waals surface area contributed by atoms with E-state index in [1.54, 1.807) is 0 Å². The number of halogens is 2. The predicted molar refractivity (Wildman–Crippen MR) is 102 cm³/mol. The van der Waals surface area contributed by atoms with E-state index in [1.165, 1.54) is 0 Å². The van der Waals surface area contributed by atoms with Crippen LogP contribution in [0.25, 0.3) is 0 Å². The van der Waals surface area contributed by atoms with Gasteiger partial charge < -0.3 is 10.2 Å². The number of nitrogens with zero attached hydrogens (tertiary/aromatic N) is 1. The molecule has 2 saturated carbocycles. The van der Waals surface area contributed by atoms with Gasteiger partial charge in [0, 0.05) is 30.8 Å². The van der Waals surface area contributed by atoms with Crippen LogP contribution in [0.5, 0.6) is 0 Å². The second kappa shape index (κ2) is 7.12. The highest BCUT2D eigenvalue weighted by molar-refractivity contribution is 5.82. The SMILES string of the molecule is Cc1ccc(CC(=O)N2CC[C@]3(CCC[C@H]3C(=O)N[C@@H]3CCC3(F)F)C2)cc1. The van der Waals surface area contributed by atoms with Gasteiger partial charge in [0.1, 0.15) is 0 Å². The summed E-state index contributed by atoms with van der Waals surface area (Å²) in [5.41, 5.74) is 1.91. The van der Waals surface area contributed by atoms with Gasteiger partial charge in [-0.15, -0.1) is 0 Å². The van der Waals surface area contributed by atoms with Gasteiger partial charge in [-0.25, -0.2) is 8.78 Å². The Labute approximate surface area is 164 Å². The van der Waals surface area contributed by atoms with Crippen molar-refractivity contribution in [3.63, 3.8) is 0 Å². The Kier molecular flexibility index (Phi) is 4.92. The Morgan fingerprint density at radius 1 is 1.14 bits per heavy atom. The van der Waals surface area contributed by atoms with Gasteiger partial charge in [-0.3, -0.25) is 9.59 Å². The molecule has 1 aliphatic heterocycles. The summed E-state index contributed by atoms with van der Waals surface area (Å²) in [5, 5.41) is 2.60. The minimum absolute atomic E-state index is 0.0808. The number of hydrogen-bond donors (Lipinski definition) is 1. The van der Waals surface area contributed by atoms with E-state index in [-0.39, 0.29) is 29.6 Å². The molecule has 3 aliphatic rings. The van der Waals surface area contributed by atoms with Crippen LogP contribution in [0.2, 0.25) is 0 Å². The largest absolute Gasteiger partial charge is 0.347 e. The summed E-state index contributed by atoms with van der Waals surface area (Å²) >= 11 is 0. The van der Waals surface area contributed by atoms with Gasteiger partial charge in [0.2, 0.25) is 11.8 Å². The van der Waals surface area contributed by atoms with Crippen molar-refractivity contribution in [1.82, 2.24) is 10.2 Å². The van der Waals surface area contributed by atoms with Gasteiger partial charge in [-0.2, -0.15) is 0 Å². The Bertz CT molecular complexity index is 764. The number of rotatable bonds is 4. The van der Waals surface area contributed by atoms with Crippen LogP contribution < -0.4 is 5.32 Å². The average Bonchev–Trinajstić information content (AvgIpc) is 3.28. The number of likely N-dealkylation sites (tertiary alicyclic amines) is 1. The minimum Gasteiger partial charge on any atom is -0.347 e. The highest BCUT2D eigenvalue weighted by Crippen LogP contribution is 2.50. The number of benzene rings is 1. The summed E-state index contributed by atoms with van der Waals surface area (Å²) in [5.74, 6) is -3.19. The monoisotopic (exact) mass is 390 g/mol. The van der Waals surface area contributed by atoms with Crippen molar-refractivity contribution < 1.29 is 18.4 Å². The molecule has 3 fully saturated rings. The highest BCUT2D eigenvalue weighted by atomic mass is 19.3. The number of amides is 2. The predicted octanol–water partition coefficient (Wildman–Crippen LogP) is 3.47. The van der Waals surface area contributed by atoms with Crippen molar-refractivity contribution in [2.75, 3.05) is 13.1 Å². The van der Waals surface area contributed by atoms with Crippen LogP contribution in [-0.2, 0) is 16.0 Å². The van der Waals surface area contributed by atoms with Gasteiger partial charge in [0.25, 0.3) is 5.92 Å². The first-order valence-electron chi connectivity index (χ1n) is 10.3. The second-order valence-corrected chi connectivity index (χ2v) is 8.90. The maximum absolute atomic E-state index is 13.6. The zero-order valence-corrected chi connectivity index (χ0v) is 16.3. The second-order valence-electron chi connectivity index (χ2n) is 8.90. The third-order valence-corrected chi connectivity index (χ3v) is 7.03. The average molecular weight is 390 g/mol. The quantitative estimate of drug-likeness (QED) is 0.856. The van der Waals surface area contributed by atoms with E-state index in [4.69, 9.17) is 0 Å². The molecule has 1 spiro atoms. The van der Waals surface area contributed by atoms with Crippen LogP contribution in [0.1, 0.15) is 49.7 Å². The van der Waals surface area contributed by atoms with Crippen molar-refractivity contribution in [3.05, 3.63) is 35.4 Å². The van der Waals surface area contributed by atoms with Gasteiger partial charge >= 0.3 is 0 Å². The maximum atomic E-state index is 13.6. The molecule has 4 nitrogen and oxygen atoms in total. The van der Waals surface area contributed by atoms with E-state index in [0.29, 0.717) is 25.9 Å². The first kappa shape index (κ1) is 19.3. The molecule has 4 rings (SSSR count). The Morgan fingerprint density at radius 3 is 2.54 bits per heavy atom. The standard InChI is InChI=1S/C22H28F2N2O2/c1-15-4-6-16(7-5-15)13-19(27)26-12-11-21(14-26)9-2-3-17(21)20(28)25-18-8-10-22(18,23)24/h4-7,17-18H,2-3,8-14H2,1H3,(H,25,28)/t17-,18+,21+/m0/s1. The first-order chi connectivity index (χ1) is 13.3. The van der Waals surface area contributed by atoms with Crippen molar-refractivity contribution in [2.45, 2.75) is 63.8 Å². The van der Waals surface area contributed by atoms with Gasteiger partial charge in [0.15, 0.2) is 0 Å². The third kappa shape index (κ3) is 3.53. The van der Waals surface area contributed by atoms with E-state index < -0.39 is 12.0 Å². The summed E-state index contributed by atoms with van der Waals surface area (Å²) in [6, 6.07) is 6.94. The Hall–Kier alpha value is -1.98. The number of nitrogens with one attached hydrogen (secondary N) is 1. The molecule has 1 saturated heterocycles. The molecule has 152 valence electrons. The number of alkyl halides is 2. The van der Waals surface area contributed by atoms with Crippen LogP contribution in [0.3, 0.4) is 0 Å². The first-order valence-corrected chi connectivity index (χ1v) is 10.3. The lowest BCUT2D eigenvalue weighted by molar-refractivity contribution is -0.142. The number of aryl methyl sites for hydroxylation is 1. The van der Waals surface area contributed by atoms with Crippen molar-refractivity contribution in [1.29, 1.82) is 0 Å². The van der Waals surface area contributed by atoms with Crippen LogP contribution >= 0.6 is 0 Å². The molecule has 3 atom stereocenters. The van der Waals surface area contributed by atoms with Crippen molar-refractivity contribution in [2.24, 2.45) is 11.3 Å². The van der Waals surface area contributed by atoms with E-state index in [9.17, 15) is 18.4 Å². The van der Waals surface area contributed by atoms with Crippen LogP contribution in [0.4, 0.5) is 8.78 Å². The summed E-state index contributed by atoms with van der Waals surface area (Å²) in [7, 11) is 0. The fourth-order valence-corrected chi connectivity index (χ4v) is 5.09. The van der Waals surface area contributed by atoms with Gasteiger partial charge in [-0.1, -0.05) is 36.2 Å². The lowest BCUT2D eigenvalue weighted by Gasteiger charge is -2.39. The molecule has 1 aromatic rings. The molecule has 2 aliphatic carbocycles. The highest BCUT2D eigenvalue weighted by Gasteiger charge is 2.54. The Balaban J connectivity index is 1.38. The molecular formula is C22H28F2N2O2.